The topological polar surface area (TPSA) is 118 Å². The third-order valence-corrected chi connectivity index (χ3v) is 9.62. The fourth-order valence-corrected chi connectivity index (χ4v) is 7.36. The van der Waals surface area contributed by atoms with Crippen molar-refractivity contribution < 1.29 is 22.8 Å². The van der Waals surface area contributed by atoms with Gasteiger partial charge in [-0.15, -0.1) is 0 Å². The number of pyridine rings is 1. The number of rotatable bonds is 10. The Hall–Kier alpha value is -3.54. The van der Waals surface area contributed by atoms with Crippen molar-refractivity contribution in [2.45, 2.75) is 56.3 Å². The van der Waals surface area contributed by atoms with Crippen LogP contribution < -0.4 is 10.2 Å². The van der Waals surface area contributed by atoms with E-state index in [-0.39, 0.29) is 17.5 Å². The molecule has 230 valence electrons. The Morgan fingerprint density at radius 1 is 1.05 bits per heavy atom. The number of nitrogens with one attached hydrogen (secondary N) is 2. The lowest BCUT2D eigenvalue weighted by Crippen LogP contribution is -2.59. The highest BCUT2D eigenvalue weighted by Gasteiger charge is 2.49. The predicted octanol–water partition coefficient (Wildman–Crippen LogP) is 5.93. The lowest BCUT2D eigenvalue weighted by atomic mass is 9.76. The summed E-state index contributed by atoms with van der Waals surface area (Å²) in [5.41, 5.74) is 5.15. The normalized spacial score (nSPS) is 21.8. The molecule has 1 saturated carbocycles. The van der Waals surface area contributed by atoms with Crippen LogP contribution in [0.1, 0.15) is 70.5 Å². The van der Waals surface area contributed by atoms with Gasteiger partial charge in [0.05, 0.1) is 23.3 Å². The summed E-state index contributed by atoms with van der Waals surface area (Å²) in [7, 11) is -3.82. The van der Waals surface area contributed by atoms with Gasteiger partial charge in [0.1, 0.15) is 6.61 Å². The lowest BCUT2D eigenvalue weighted by molar-refractivity contribution is -0.138. The van der Waals surface area contributed by atoms with Gasteiger partial charge in [-0.3, -0.25) is 19.4 Å². The zero-order valence-electron chi connectivity index (χ0n) is 23.8. The Kier molecular flexibility index (Phi) is 9.87. The van der Waals surface area contributed by atoms with Crippen LogP contribution in [0.15, 0.2) is 79.2 Å². The number of carbonyl (C=O) groups is 2. The number of hydroxylamine groups is 1. The van der Waals surface area contributed by atoms with Crippen LogP contribution in [-0.4, -0.2) is 42.2 Å². The maximum Gasteiger partial charge on any atom is 0.255 e. The van der Waals surface area contributed by atoms with E-state index in [1.165, 1.54) is 0 Å². The van der Waals surface area contributed by atoms with Gasteiger partial charge in [0.15, 0.2) is 0 Å². The molecule has 1 aromatic heterocycles. The Bertz CT molecular complexity index is 1700. The van der Waals surface area contributed by atoms with Crippen molar-refractivity contribution in [1.29, 1.82) is 0 Å². The molecule has 12 heteroatoms. The van der Waals surface area contributed by atoms with Gasteiger partial charge in [-0.05, 0) is 60.4 Å². The summed E-state index contributed by atoms with van der Waals surface area (Å²) in [6.45, 7) is 7.14. The molecule has 1 aliphatic heterocycles. The van der Waals surface area contributed by atoms with Gasteiger partial charge in [0, 0.05) is 33.1 Å². The lowest BCUT2D eigenvalue weighted by Gasteiger charge is -2.49. The molecule has 2 heterocycles. The smallest absolute Gasteiger partial charge is 0.255 e. The minimum absolute atomic E-state index is 0.00910. The molecule has 9 nitrogen and oxygen atoms in total. The van der Waals surface area contributed by atoms with Crippen LogP contribution in [0.2, 0.25) is 10.0 Å². The molecule has 5 rings (SSSR count). The van der Waals surface area contributed by atoms with Crippen LogP contribution >= 0.6 is 23.2 Å². The van der Waals surface area contributed by atoms with Crippen molar-refractivity contribution in [1.82, 2.24) is 20.1 Å². The first-order valence-corrected chi connectivity index (χ1v) is 16.4. The third kappa shape index (κ3) is 6.74. The zero-order valence-corrected chi connectivity index (χ0v) is 26.1. The van der Waals surface area contributed by atoms with Gasteiger partial charge in [-0.25, -0.2) is 18.6 Å². The molecule has 3 aromatic rings. The van der Waals surface area contributed by atoms with Crippen molar-refractivity contribution in [3.05, 3.63) is 117 Å². The van der Waals surface area contributed by atoms with Crippen LogP contribution in [0.4, 0.5) is 0 Å². The van der Waals surface area contributed by atoms with Crippen molar-refractivity contribution in [3.63, 3.8) is 0 Å². The first kappa shape index (κ1) is 31.9. The summed E-state index contributed by atoms with van der Waals surface area (Å²) in [5.74, 6) is -1.81. The van der Waals surface area contributed by atoms with Gasteiger partial charge < -0.3 is 4.90 Å². The molecule has 0 saturated heterocycles. The summed E-state index contributed by atoms with van der Waals surface area (Å²) in [4.78, 5) is 40.1. The second-order valence-electron chi connectivity index (χ2n) is 10.7. The second-order valence-corrected chi connectivity index (χ2v) is 13.2. The number of benzene rings is 2. The van der Waals surface area contributed by atoms with Gasteiger partial charge in [-0.2, -0.15) is 0 Å². The van der Waals surface area contributed by atoms with Crippen LogP contribution in [0.5, 0.6) is 0 Å². The zero-order chi connectivity index (χ0) is 31.4. The van der Waals surface area contributed by atoms with E-state index in [9.17, 15) is 18.0 Å². The molecule has 0 spiro atoms. The van der Waals surface area contributed by atoms with Crippen molar-refractivity contribution in [2.75, 3.05) is 0 Å². The molecule has 1 aliphatic carbocycles. The minimum atomic E-state index is -3.82. The van der Waals surface area contributed by atoms with E-state index in [2.05, 4.69) is 28.3 Å². The molecule has 2 N–H and O–H groups in total. The van der Waals surface area contributed by atoms with E-state index in [1.807, 2.05) is 6.07 Å². The predicted molar refractivity (Wildman–Crippen MR) is 170 cm³/mol. The van der Waals surface area contributed by atoms with E-state index >= 15 is 0 Å². The number of carbonyl (C=O) groups excluding carboxylic acids is 2. The van der Waals surface area contributed by atoms with Gasteiger partial charge in [0.2, 0.25) is 10.0 Å². The highest BCUT2D eigenvalue weighted by Crippen LogP contribution is 2.47. The van der Waals surface area contributed by atoms with E-state index in [4.69, 9.17) is 28.0 Å². The Balaban J connectivity index is 1.58. The Morgan fingerprint density at radius 3 is 2.57 bits per heavy atom. The van der Waals surface area contributed by atoms with E-state index in [1.54, 1.807) is 65.6 Å². The highest BCUT2D eigenvalue weighted by atomic mass is 35.5. The van der Waals surface area contributed by atoms with E-state index < -0.39 is 40.0 Å². The molecule has 44 heavy (non-hydrogen) atoms. The molecule has 1 fully saturated rings. The van der Waals surface area contributed by atoms with E-state index in [0.29, 0.717) is 45.9 Å². The molecular weight excluding hydrogens is 623 g/mol. The number of amides is 2. The van der Waals surface area contributed by atoms with Crippen LogP contribution in [0, 0.1) is 0 Å². The molecular formula is C32H32Cl2N4O5S. The highest BCUT2D eigenvalue weighted by molar-refractivity contribution is 7.92. The maximum absolute atomic E-state index is 14.4. The van der Waals surface area contributed by atoms with Crippen LogP contribution in [0.25, 0.3) is 6.08 Å². The summed E-state index contributed by atoms with van der Waals surface area (Å²) < 4.78 is 27.9. The van der Waals surface area contributed by atoms with Gasteiger partial charge in [0.25, 0.3) is 11.8 Å². The molecule has 4 atom stereocenters. The number of sulfonamides is 1. The maximum atomic E-state index is 14.4. The number of hydrogen-bond donors (Lipinski definition) is 2. The van der Waals surface area contributed by atoms with Gasteiger partial charge in [-0.1, -0.05) is 79.5 Å². The monoisotopic (exact) mass is 654 g/mol. The fourth-order valence-electron chi connectivity index (χ4n) is 6.05. The summed E-state index contributed by atoms with van der Waals surface area (Å²) in [5, 5.41) is 1.51. The number of halogens is 2. The molecule has 2 aromatic carbocycles. The van der Waals surface area contributed by atoms with Crippen molar-refractivity contribution in [3.8, 4) is 0 Å². The molecule has 0 radical (unpaired) electrons. The number of nitrogens with zero attached hydrogens (tertiary/aromatic N) is 2. The van der Waals surface area contributed by atoms with Crippen molar-refractivity contribution in [2.24, 2.45) is 0 Å². The molecule has 0 unspecified atom stereocenters. The summed E-state index contributed by atoms with van der Waals surface area (Å²) in [6.07, 6.45) is 4.16. The van der Waals surface area contributed by atoms with Crippen LogP contribution in [-0.2, 0) is 26.3 Å². The molecule has 2 aliphatic rings. The molecule has 0 bridgehead atoms. The SMILES string of the molecule is C=Cc1cccc(CONC(=O)[C@@H]2c3ccccc3C(=O)N([C@H]3CCCC[C@@H]3NS(=O)(=O)C=C)[C@H]2c2ccc(Cl)cc2Cl)n1. The average molecular weight is 656 g/mol. The number of hydrogen-bond acceptors (Lipinski definition) is 6. The Labute approximate surface area is 266 Å². The summed E-state index contributed by atoms with van der Waals surface area (Å²) >= 11 is 13.0. The third-order valence-electron chi connectivity index (χ3n) is 7.99. The van der Waals surface area contributed by atoms with Crippen LogP contribution in [0.3, 0.4) is 0 Å². The first-order chi connectivity index (χ1) is 21.1. The fraction of sp³-hybridized carbons (Fsp3) is 0.281. The van der Waals surface area contributed by atoms with Gasteiger partial charge >= 0.3 is 0 Å². The summed E-state index contributed by atoms with van der Waals surface area (Å²) in [6, 6.07) is 15.1. The van der Waals surface area contributed by atoms with Crippen molar-refractivity contribution >= 4 is 51.1 Å². The quantitative estimate of drug-likeness (QED) is 0.262. The number of aromatic nitrogens is 1. The minimum Gasteiger partial charge on any atom is -0.326 e. The number of fused-ring (bicyclic) bond motifs is 1. The Morgan fingerprint density at radius 2 is 1.82 bits per heavy atom. The second kappa shape index (κ2) is 13.6. The standard InChI is InChI=1S/C32H32Cl2N4O5S/c1-3-21-10-9-11-22(35-21)19-43-36-31(39)29-23-12-5-6-13-24(23)32(40)38(30(29)25-17-16-20(33)18-26(25)34)28-15-8-7-14-27(28)37-44(41,42)4-2/h3-6,9-13,16-18,27-30,37H,1-2,7-8,14-15,19H2,(H,36,39)/t27-,28-,29+,30-/m0/s1. The largest absolute Gasteiger partial charge is 0.326 e. The first-order valence-electron chi connectivity index (χ1n) is 14.1. The van der Waals surface area contributed by atoms with E-state index in [0.717, 1.165) is 18.2 Å². The average Bonchev–Trinajstić information content (AvgIpc) is 3.01. The molecule has 2 amide bonds.